The van der Waals surface area contributed by atoms with Gasteiger partial charge >= 0.3 is 0 Å². The Hall–Kier alpha value is -1.65. The van der Waals surface area contributed by atoms with Crippen molar-refractivity contribution in [1.29, 1.82) is 0 Å². The van der Waals surface area contributed by atoms with Gasteiger partial charge in [-0.05, 0) is 49.4 Å². The molecule has 0 spiro atoms. The summed E-state index contributed by atoms with van der Waals surface area (Å²) in [5.74, 6) is -0.213. The molecule has 3 nitrogen and oxygen atoms in total. The number of rotatable bonds is 7. The van der Waals surface area contributed by atoms with Crippen molar-refractivity contribution in [2.75, 3.05) is 20.3 Å². The summed E-state index contributed by atoms with van der Waals surface area (Å²) < 4.78 is 20.0. The summed E-state index contributed by atoms with van der Waals surface area (Å²) in [5, 5.41) is 3.37. The van der Waals surface area contributed by atoms with Crippen molar-refractivity contribution in [3.63, 3.8) is 0 Å². The predicted molar refractivity (Wildman–Crippen MR) is 73.9 cm³/mol. The maximum atomic E-state index is 12.9. The molecule has 1 aromatic heterocycles. The molecule has 0 radical (unpaired) electrons. The number of methoxy groups -OCH3 is 1. The molecule has 1 N–H and O–H groups in total. The Morgan fingerprint density at radius 3 is 2.74 bits per heavy atom. The first-order chi connectivity index (χ1) is 9.31. The Labute approximate surface area is 113 Å². The standard InChI is InChI=1S/C15H19FN2O/c1-19-11-3-9-17-12-15-4-2-10-18(15)14-7-5-13(16)6-8-14/h2,4-8,10,17H,3,9,11-12H2,1H3. The molecule has 0 unspecified atom stereocenters. The minimum atomic E-state index is -0.213. The van der Waals surface area contributed by atoms with Gasteiger partial charge < -0.3 is 14.6 Å². The molecule has 0 saturated heterocycles. The largest absolute Gasteiger partial charge is 0.385 e. The second-order valence-electron chi connectivity index (χ2n) is 4.37. The van der Waals surface area contributed by atoms with Crippen LogP contribution in [0.15, 0.2) is 42.6 Å². The zero-order valence-electron chi connectivity index (χ0n) is 11.1. The lowest BCUT2D eigenvalue weighted by Crippen LogP contribution is -2.18. The number of aromatic nitrogens is 1. The molecular weight excluding hydrogens is 243 g/mol. The first kappa shape index (κ1) is 13.8. The molecule has 0 aliphatic heterocycles. The molecule has 19 heavy (non-hydrogen) atoms. The van der Waals surface area contributed by atoms with E-state index in [-0.39, 0.29) is 5.82 Å². The summed E-state index contributed by atoms with van der Waals surface area (Å²) in [4.78, 5) is 0. The smallest absolute Gasteiger partial charge is 0.123 e. The van der Waals surface area contributed by atoms with Crippen molar-refractivity contribution in [3.05, 3.63) is 54.1 Å². The fourth-order valence-corrected chi connectivity index (χ4v) is 1.97. The summed E-state index contributed by atoms with van der Waals surface area (Å²) in [5.41, 5.74) is 2.13. The van der Waals surface area contributed by atoms with Crippen molar-refractivity contribution < 1.29 is 9.13 Å². The third-order valence-electron chi connectivity index (χ3n) is 2.95. The molecule has 0 amide bonds. The zero-order chi connectivity index (χ0) is 13.5. The van der Waals surface area contributed by atoms with Crippen LogP contribution in [0.3, 0.4) is 0 Å². The van der Waals surface area contributed by atoms with Crippen molar-refractivity contribution in [3.8, 4) is 5.69 Å². The van der Waals surface area contributed by atoms with Crippen molar-refractivity contribution in [2.24, 2.45) is 0 Å². The molecule has 0 fully saturated rings. The molecule has 102 valence electrons. The fraction of sp³-hybridized carbons (Fsp3) is 0.333. The molecule has 0 atom stereocenters. The topological polar surface area (TPSA) is 26.2 Å². The molecule has 1 aromatic carbocycles. The predicted octanol–water partition coefficient (Wildman–Crippen LogP) is 2.74. The minimum Gasteiger partial charge on any atom is -0.385 e. The molecule has 1 heterocycles. The summed E-state index contributed by atoms with van der Waals surface area (Å²) in [7, 11) is 1.71. The van der Waals surface area contributed by atoms with E-state index in [0.717, 1.165) is 37.5 Å². The number of halogens is 1. The van der Waals surface area contributed by atoms with Crippen LogP contribution in [-0.2, 0) is 11.3 Å². The molecule has 0 aliphatic carbocycles. The van der Waals surface area contributed by atoms with Gasteiger partial charge in [-0.15, -0.1) is 0 Å². The van der Waals surface area contributed by atoms with Crippen LogP contribution in [0.1, 0.15) is 12.1 Å². The monoisotopic (exact) mass is 262 g/mol. The second-order valence-corrected chi connectivity index (χ2v) is 4.37. The van der Waals surface area contributed by atoms with Crippen molar-refractivity contribution in [1.82, 2.24) is 9.88 Å². The van der Waals surface area contributed by atoms with Gasteiger partial charge in [0, 0.05) is 37.8 Å². The average Bonchev–Trinajstić information content (AvgIpc) is 2.88. The molecule has 2 rings (SSSR count). The van der Waals surface area contributed by atoms with E-state index in [1.807, 2.05) is 12.3 Å². The highest BCUT2D eigenvalue weighted by Gasteiger charge is 2.03. The Morgan fingerprint density at radius 1 is 1.21 bits per heavy atom. The minimum absolute atomic E-state index is 0.213. The summed E-state index contributed by atoms with van der Waals surface area (Å²) in [6.07, 6.45) is 2.98. The number of hydrogen-bond donors (Lipinski definition) is 1. The Morgan fingerprint density at radius 2 is 2.00 bits per heavy atom. The molecule has 0 saturated carbocycles. The number of nitrogens with zero attached hydrogens (tertiary/aromatic N) is 1. The van der Waals surface area contributed by atoms with Crippen LogP contribution in [0.5, 0.6) is 0 Å². The van der Waals surface area contributed by atoms with E-state index >= 15 is 0 Å². The molecule has 0 aliphatic rings. The summed E-state index contributed by atoms with van der Waals surface area (Å²) in [6, 6.07) is 10.6. The molecule has 0 bridgehead atoms. The van der Waals surface area contributed by atoms with E-state index in [4.69, 9.17) is 4.74 Å². The highest BCUT2D eigenvalue weighted by atomic mass is 19.1. The highest BCUT2D eigenvalue weighted by molar-refractivity contribution is 5.35. The van der Waals surface area contributed by atoms with Crippen LogP contribution in [0, 0.1) is 5.82 Å². The van der Waals surface area contributed by atoms with Gasteiger partial charge in [0.2, 0.25) is 0 Å². The lowest BCUT2D eigenvalue weighted by Gasteiger charge is -2.10. The normalized spacial score (nSPS) is 10.8. The van der Waals surface area contributed by atoms with Gasteiger partial charge in [0.25, 0.3) is 0 Å². The third kappa shape index (κ3) is 3.91. The van der Waals surface area contributed by atoms with Crippen LogP contribution >= 0.6 is 0 Å². The van der Waals surface area contributed by atoms with Gasteiger partial charge in [0.1, 0.15) is 5.82 Å². The molecule has 4 heteroatoms. The Balaban J connectivity index is 1.96. The summed E-state index contributed by atoms with van der Waals surface area (Å²) >= 11 is 0. The highest BCUT2D eigenvalue weighted by Crippen LogP contribution is 2.13. The van der Waals surface area contributed by atoms with Crippen LogP contribution in [0.25, 0.3) is 5.69 Å². The number of hydrogen-bond acceptors (Lipinski definition) is 2. The van der Waals surface area contributed by atoms with E-state index in [2.05, 4.69) is 16.0 Å². The van der Waals surface area contributed by atoms with Gasteiger partial charge in [-0.3, -0.25) is 0 Å². The Kier molecular flexibility index (Phi) is 5.12. The second kappa shape index (κ2) is 7.07. The SMILES string of the molecule is COCCCNCc1cccn1-c1ccc(F)cc1. The number of nitrogens with one attached hydrogen (secondary N) is 1. The third-order valence-corrected chi connectivity index (χ3v) is 2.95. The van der Waals surface area contributed by atoms with E-state index in [9.17, 15) is 4.39 Å². The lowest BCUT2D eigenvalue weighted by atomic mass is 10.3. The molecular formula is C15H19FN2O. The van der Waals surface area contributed by atoms with Crippen LogP contribution < -0.4 is 5.32 Å². The van der Waals surface area contributed by atoms with Crippen LogP contribution in [0.2, 0.25) is 0 Å². The summed E-state index contributed by atoms with van der Waals surface area (Å²) in [6.45, 7) is 2.47. The maximum absolute atomic E-state index is 12.9. The quantitative estimate of drug-likeness (QED) is 0.776. The first-order valence-electron chi connectivity index (χ1n) is 6.43. The van der Waals surface area contributed by atoms with Gasteiger partial charge in [0.15, 0.2) is 0 Å². The lowest BCUT2D eigenvalue weighted by molar-refractivity contribution is 0.194. The van der Waals surface area contributed by atoms with E-state index < -0.39 is 0 Å². The van der Waals surface area contributed by atoms with Gasteiger partial charge in [-0.25, -0.2) is 4.39 Å². The first-order valence-corrected chi connectivity index (χ1v) is 6.43. The van der Waals surface area contributed by atoms with Crippen molar-refractivity contribution in [2.45, 2.75) is 13.0 Å². The number of ether oxygens (including phenoxy) is 1. The van der Waals surface area contributed by atoms with Gasteiger partial charge in [-0.1, -0.05) is 0 Å². The number of benzene rings is 1. The Bertz CT molecular complexity index is 493. The van der Waals surface area contributed by atoms with Crippen LogP contribution in [0.4, 0.5) is 4.39 Å². The molecule has 2 aromatic rings. The average molecular weight is 262 g/mol. The van der Waals surface area contributed by atoms with Crippen molar-refractivity contribution >= 4 is 0 Å². The fourth-order valence-electron chi connectivity index (χ4n) is 1.97. The van der Waals surface area contributed by atoms with Gasteiger partial charge in [0.05, 0.1) is 0 Å². The van der Waals surface area contributed by atoms with Gasteiger partial charge in [-0.2, -0.15) is 0 Å². The van der Waals surface area contributed by atoms with Crippen LogP contribution in [-0.4, -0.2) is 24.8 Å². The zero-order valence-corrected chi connectivity index (χ0v) is 11.1. The maximum Gasteiger partial charge on any atom is 0.123 e. The van der Waals surface area contributed by atoms with E-state index in [1.54, 1.807) is 19.2 Å². The van der Waals surface area contributed by atoms with E-state index in [1.165, 1.54) is 12.1 Å². The van der Waals surface area contributed by atoms with E-state index in [0.29, 0.717) is 0 Å².